The van der Waals surface area contributed by atoms with E-state index >= 15 is 0 Å². The van der Waals surface area contributed by atoms with Gasteiger partial charge < -0.3 is 10.1 Å². The van der Waals surface area contributed by atoms with Crippen molar-refractivity contribution in [1.82, 2.24) is 20.2 Å². The minimum Gasteiger partial charge on any atom is -0.376 e. The van der Waals surface area contributed by atoms with E-state index in [9.17, 15) is 9.18 Å². The first-order valence-corrected chi connectivity index (χ1v) is 8.76. The van der Waals surface area contributed by atoms with Crippen LogP contribution < -0.4 is 5.32 Å². The fourth-order valence-electron chi connectivity index (χ4n) is 2.41. The first-order valence-electron chi connectivity index (χ1n) is 7.77. The zero-order chi connectivity index (χ0) is 16.8. The summed E-state index contributed by atoms with van der Waals surface area (Å²) in [5.74, 6) is -0.184. The summed E-state index contributed by atoms with van der Waals surface area (Å²) in [5.41, 5.74) is 0.190. The summed E-state index contributed by atoms with van der Waals surface area (Å²) in [6.45, 7) is 1.41. The third-order valence-electron chi connectivity index (χ3n) is 3.61. The monoisotopic (exact) mass is 351 g/mol. The molecule has 1 aromatic heterocycles. The highest BCUT2D eigenvalue weighted by molar-refractivity contribution is 7.99. The van der Waals surface area contributed by atoms with Gasteiger partial charge in [-0.1, -0.05) is 23.9 Å². The Morgan fingerprint density at radius 3 is 3.12 bits per heavy atom. The highest BCUT2D eigenvalue weighted by Crippen LogP contribution is 2.19. The number of nitrogens with one attached hydrogen (secondary N) is 1. The second-order valence-corrected chi connectivity index (χ2v) is 6.47. The fraction of sp³-hybridized carbons (Fsp3) is 0.467. The van der Waals surface area contributed by atoms with E-state index in [0.29, 0.717) is 17.5 Å². The number of amides is 1. The Morgan fingerprint density at radius 1 is 1.46 bits per heavy atom. The number of aromatic nitrogens is 4. The molecule has 0 spiro atoms. The van der Waals surface area contributed by atoms with E-state index in [0.717, 1.165) is 19.4 Å². The van der Waals surface area contributed by atoms with Gasteiger partial charge in [0, 0.05) is 18.8 Å². The minimum absolute atomic E-state index is 0.150. The van der Waals surface area contributed by atoms with Crippen LogP contribution in [0.25, 0.3) is 0 Å². The maximum absolute atomic E-state index is 13.5. The van der Waals surface area contributed by atoms with Crippen LogP contribution in [0.1, 0.15) is 19.3 Å². The molecule has 1 aromatic carbocycles. The Balaban J connectivity index is 1.45. The van der Waals surface area contributed by atoms with E-state index < -0.39 is 5.82 Å². The highest BCUT2D eigenvalue weighted by atomic mass is 32.2. The zero-order valence-corrected chi connectivity index (χ0v) is 13.8. The van der Waals surface area contributed by atoms with Crippen molar-refractivity contribution in [3.8, 4) is 0 Å². The quantitative estimate of drug-likeness (QED) is 0.770. The number of para-hydroxylation sites is 1. The van der Waals surface area contributed by atoms with E-state index in [1.165, 1.54) is 23.9 Å². The van der Waals surface area contributed by atoms with Gasteiger partial charge in [0.1, 0.15) is 5.82 Å². The minimum atomic E-state index is -0.445. The second-order valence-electron chi connectivity index (χ2n) is 5.41. The molecule has 1 fully saturated rings. The normalized spacial score (nSPS) is 17.1. The summed E-state index contributed by atoms with van der Waals surface area (Å²) in [6, 6.07) is 6.09. The standard InChI is InChI=1S/C15H18FN5O2S/c16-12-5-1-2-6-13(12)17-14(22)7-9-24-15-18-19-20-21(15)10-11-4-3-8-23-11/h1-2,5-6,11H,3-4,7-10H2,(H,17,22). The molecule has 1 unspecified atom stereocenters. The summed E-state index contributed by atoms with van der Waals surface area (Å²) in [4.78, 5) is 11.9. The Hall–Kier alpha value is -2.00. The van der Waals surface area contributed by atoms with Crippen molar-refractivity contribution in [2.24, 2.45) is 0 Å². The number of carbonyl (C=O) groups is 1. The molecule has 1 aliphatic heterocycles. The SMILES string of the molecule is O=C(CCSc1nnnn1CC1CCCO1)Nc1ccccc1F. The predicted octanol–water partition coefficient (Wildman–Crippen LogP) is 2.11. The van der Waals surface area contributed by atoms with Crippen molar-refractivity contribution >= 4 is 23.4 Å². The summed E-state index contributed by atoms with van der Waals surface area (Å²) in [6.07, 6.45) is 2.46. The summed E-state index contributed by atoms with van der Waals surface area (Å²) < 4.78 is 20.8. The van der Waals surface area contributed by atoms with Gasteiger partial charge in [0.05, 0.1) is 18.3 Å². The van der Waals surface area contributed by atoms with Crippen molar-refractivity contribution in [3.63, 3.8) is 0 Å². The van der Waals surface area contributed by atoms with E-state index in [2.05, 4.69) is 20.8 Å². The molecule has 0 saturated carbocycles. The predicted molar refractivity (Wildman–Crippen MR) is 87.2 cm³/mol. The molecule has 0 bridgehead atoms. The van der Waals surface area contributed by atoms with Gasteiger partial charge in [0.25, 0.3) is 0 Å². The van der Waals surface area contributed by atoms with E-state index in [-0.39, 0.29) is 24.1 Å². The first kappa shape index (κ1) is 16.8. The van der Waals surface area contributed by atoms with Gasteiger partial charge in [-0.05, 0) is 35.4 Å². The van der Waals surface area contributed by atoms with E-state index in [1.807, 2.05) is 0 Å². The molecule has 128 valence electrons. The molecule has 1 aliphatic rings. The average Bonchev–Trinajstić information content (AvgIpc) is 3.23. The smallest absolute Gasteiger partial charge is 0.225 e. The molecule has 9 heteroatoms. The number of rotatable bonds is 7. The van der Waals surface area contributed by atoms with Crippen molar-refractivity contribution < 1.29 is 13.9 Å². The van der Waals surface area contributed by atoms with E-state index in [1.54, 1.807) is 16.8 Å². The number of carbonyl (C=O) groups excluding carboxylic acids is 1. The lowest BCUT2D eigenvalue weighted by Gasteiger charge is -2.10. The van der Waals surface area contributed by atoms with Gasteiger partial charge in [-0.2, -0.15) is 0 Å². The average molecular weight is 351 g/mol. The van der Waals surface area contributed by atoms with Crippen LogP contribution in [-0.4, -0.2) is 44.6 Å². The lowest BCUT2D eigenvalue weighted by Crippen LogP contribution is -2.17. The molecule has 3 rings (SSSR count). The van der Waals surface area contributed by atoms with Crippen LogP contribution >= 0.6 is 11.8 Å². The van der Waals surface area contributed by atoms with Crippen LogP contribution in [0.5, 0.6) is 0 Å². The van der Waals surface area contributed by atoms with Crippen molar-refractivity contribution in [2.45, 2.75) is 37.1 Å². The number of benzene rings is 1. The van der Waals surface area contributed by atoms with Gasteiger partial charge >= 0.3 is 0 Å². The van der Waals surface area contributed by atoms with Gasteiger partial charge in [-0.25, -0.2) is 9.07 Å². The molecule has 7 nitrogen and oxygen atoms in total. The lowest BCUT2D eigenvalue weighted by molar-refractivity contribution is -0.115. The summed E-state index contributed by atoms with van der Waals surface area (Å²) in [7, 11) is 0. The Bertz CT molecular complexity index is 690. The number of hydrogen-bond acceptors (Lipinski definition) is 6. The molecule has 2 heterocycles. The molecular formula is C15H18FN5O2S. The molecule has 1 atom stereocenters. The number of anilines is 1. The molecular weight excluding hydrogens is 333 g/mol. The van der Waals surface area contributed by atoms with Gasteiger partial charge in [-0.3, -0.25) is 4.79 Å². The largest absolute Gasteiger partial charge is 0.376 e. The number of halogens is 1. The van der Waals surface area contributed by atoms with Crippen LogP contribution in [0.4, 0.5) is 10.1 Å². The van der Waals surface area contributed by atoms with Crippen LogP contribution in [0.3, 0.4) is 0 Å². The number of nitrogens with zero attached hydrogens (tertiary/aromatic N) is 4. The molecule has 1 amide bonds. The van der Waals surface area contributed by atoms with E-state index in [4.69, 9.17) is 4.74 Å². The van der Waals surface area contributed by atoms with Crippen LogP contribution in [-0.2, 0) is 16.1 Å². The maximum Gasteiger partial charge on any atom is 0.225 e. The molecule has 0 radical (unpaired) electrons. The topological polar surface area (TPSA) is 81.9 Å². The molecule has 1 saturated heterocycles. The summed E-state index contributed by atoms with van der Waals surface area (Å²) >= 11 is 1.40. The number of hydrogen-bond donors (Lipinski definition) is 1. The molecule has 24 heavy (non-hydrogen) atoms. The van der Waals surface area contributed by atoms with Crippen molar-refractivity contribution in [1.29, 1.82) is 0 Å². The van der Waals surface area contributed by atoms with Gasteiger partial charge in [-0.15, -0.1) is 5.10 Å². The Labute approximate surface area is 142 Å². The molecule has 0 aliphatic carbocycles. The lowest BCUT2D eigenvalue weighted by atomic mass is 10.2. The molecule has 2 aromatic rings. The Kier molecular flexibility index (Phi) is 5.76. The van der Waals surface area contributed by atoms with Crippen LogP contribution in [0.15, 0.2) is 29.4 Å². The van der Waals surface area contributed by atoms with Crippen molar-refractivity contribution in [2.75, 3.05) is 17.7 Å². The second kappa shape index (κ2) is 8.20. The number of thioether (sulfide) groups is 1. The number of ether oxygens (including phenoxy) is 1. The van der Waals surface area contributed by atoms with Crippen LogP contribution in [0, 0.1) is 5.82 Å². The van der Waals surface area contributed by atoms with Gasteiger partial charge in [0.15, 0.2) is 0 Å². The van der Waals surface area contributed by atoms with Gasteiger partial charge in [0.2, 0.25) is 11.1 Å². The Morgan fingerprint density at radius 2 is 2.33 bits per heavy atom. The zero-order valence-electron chi connectivity index (χ0n) is 13.0. The first-order chi connectivity index (χ1) is 11.7. The van der Waals surface area contributed by atoms with Crippen molar-refractivity contribution in [3.05, 3.63) is 30.1 Å². The number of tetrazole rings is 1. The third-order valence-corrected chi connectivity index (χ3v) is 4.57. The third kappa shape index (κ3) is 4.51. The highest BCUT2D eigenvalue weighted by Gasteiger charge is 2.19. The summed E-state index contributed by atoms with van der Waals surface area (Å²) in [5, 5.41) is 14.8. The maximum atomic E-state index is 13.5. The fourth-order valence-corrected chi connectivity index (χ4v) is 3.23. The van der Waals surface area contributed by atoms with Crippen LogP contribution in [0.2, 0.25) is 0 Å². The molecule has 1 N–H and O–H groups in total.